The SMILES string of the molecule is CS(=O)(=O)N1CCN(C(=O)COC(=O)c2ccc3c(c2)C(=O)N(Cc2ccccc2)C3=O)CC1. The van der Waals surface area contributed by atoms with Crippen molar-refractivity contribution in [3.63, 3.8) is 0 Å². The number of benzene rings is 2. The minimum Gasteiger partial charge on any atom is -0.452 e. The summed E-state index contributed by atoms with van der Waals surface area (Å²) >= 11 is 0. The van der Waals surface area contributed by atoms with E-state index in [1.165, 1.54) is 27.4 Å². The maximum atomic E-state index is 12.8. The third kappa shape index (κ3) is 4.85. The lowest BCUT2D eigenvalue weighted by atomic mass is 10.1. The minimum atomic E-state index is -3.32. The van der Waals surface area contributed by atoms with Crippen LogP contribution >= 0.6 is 0 Å². The molecule has 1 saturated heterocycles. The van der Waals surface area contributed by atoms with Crippen molar-refractivity contribution >= 4 is 33.7 Å². The van der Waals surface area contributed by atoms with E-state index in [1.807, 2.05) is 30.3 Å². The molecule has 0 spiro atoms. The van der Waals surface area contributed by atoms with Gasteiger partial charge in [-0.05, 0) is 23.8 Å². The van der Waals surface area contributed by atoms with Crippen LogP contribution in [0.5, 0.6) is 0 Å². The van der Waals surface area contributed by atoms with Crippen LogP contribution in [0.2, 0.25) is 0 Å². The minimum absolute atomic E-state index is 0.0520. The molecule has 1 fully saturated rings. The van der Waals surface area contributed by atoms with Gasteiger partial charge < -0.3 is 9.64 Å². The van der Waals surface area contributed by atoms with E-state index in [-0.39, 0.29) is 49.4 Å². The predicted molar refractivity (Wildman–Crippen MR) is 120 cm³/mol. The molecule has 11 heteroatoms. The van der Waals surface area contributed by atoms with E-state index >= 15 is 0 Å². The van der Waals surface area contributed by atoms with Gasteiger partial charge in [-0.15, -0.1) is 0 Å². The average Bonchev–Trinajstić information content (AvgIpc) is 3.06. The molecule has 2 aromatic carbocycles. The zero-order valence-electron chi connectivity index (χ0n) is 18.5. The smallest absolute Gasteiger partial charge is 0.338 e. The summed E-state index contributed by atoms with van der Waals surface area (Å²) in [5.41, 5.74) is 1.17. The Bertz CT molecular complexity index is 1250. The van der Waals surface area contributed by atoms with Crippen LogP contribution in [-0.2, 0) is 26.1 Å². The van der Waals surface area contributed by atoms with Crippen molar-refractivity contribution in [1.82, 2.24) is 14.1 Å². The molecule has 0 N–H and O–H groups in total. The molecular formula is C23H23N3O7S. The standard InChI is InChI=1S/C23H23N3O7S/c1-34(31,32)25-11-9-24(10-12-25)20(27)15-33-23(30)17-7-8-18-19(13-17)22(29)26(21(18)28)14-16-5-3-2-4-6-16/h2-8,13H,9-12,14-15H2,1H3. The first-order valence-corrected chi connectivity index (χ1v) is 12.4. The highest BCUT2D eigenvalue weighted by Gasteiger charge is 2.36. The first kappa shape index (κ1) is 23.6. The number of imide groups is 1. The number of rotatable bonds is 6. The molecule has 2 heterocycles. The molecular weight excluding hydrogens is 462 g/mol. The molecule has 0 atom stereocenters. The number of fused-ring (bicyclic) bond motifs is 1. The Hall–Kier alpha value is -3.57. The Morgan fingerprint density at radius 2 is 1.56 bits per heavy atom. The molecule has 2 aromatic rings. The molecule has 34 heavy (non-hydrogen) atoms. The summed E-state index contributed by atoms with van der Waals surface area (Å²) in [5, 5.41) is 0. The van der Waals surface area contributed by atoms with Gasteiger partial charge in [0.05, 0.1) is 29.5 Å². The van der Waals surface area contributed by atoms with Crippen LogP contribution in [0.3, 0.4) is 0 Å². The lowest BCUT2D eigenvalue weighted by Crippen LogP contribution is -2.51. The Morgan fingerprint density at radius 1 is 0.912 bits per heavy atom. The molecule has 2 aliphatic heterocycles. The third-order valence-electron chi connectivity index (χ3n) is 5.78. The van der Waals surface area contributed by atoms with E-state index in [1.54, 1.807) is 0 Å². The second-order valence-electron chi connectivity index (χ2n) is 8.06. The van der Waals surface area contributed by atoms with Crippen molar-refractivity contribution in [3.05, 3.63) is 70.8 Å². The van der Waals surface area contributed by atoms with Gasteiger partial charge in [-0.3, -0.25) is 19.3 Å². The van der Waals surface area contributed by atoms with Crippen LogP contribution in [0, 0.1) is 0 Å². The van der Waals surface area contributed by atoms with Crippen LogP contribution < -0.4 is 0 Å². The summed E-state index contributed by atoms with van der Waals surface area (Å²) in [4.78, 5) is 52.9. The molecule has 0 aliphatic carbocycles. The monoisotopic (exact) mass is 485 g/mol. The zero-order valence-corrected chi connectivity index (χ0v) is 19.3. The number of carbonyl (C=O) groups excluding carboxylic acids is 4. The fourth-order valence-electron chi connectivity index (χ4n) is 3.90. The summed E-state index contributed by atoms with van der Waals surface area (Å²) in [6, 6.07) is 13.2. The fraction of sp³-hybridized carbons (Fsp3) is 0.304. The zero-order chi connectivity index (χ0) is 24.5. The maximum Gasteiger partial charge on any atom is 0.338 e. The molecule has 0 radical (unpaired) electrons. The highest BCUT2D eigenvalue weighted by Crippen LogP contribution is 2.26. The van der Waals surface area contributed by atoms with Gasteiger partial charge in [-0.1, -0.05) is 30.3 Å². The molecule has 4 rings (SSSR count). The number of sulfonamides is 1. The number of piperazine rings is 1. The van der Waals surface area contributed by atoms with Gasteiger partial charge in [0.1, 0.15) is 0 Å². The number of esters is 1. The topological polar surface area (TPSA) is 121 Å². The second-order valence-corrected chi connectivity index (χ2v) is 10.0. The highest BCUT2D eigenvalue weighted by atomic mass is 32.2. The van der Waals surface area contributed by atoms with Gasteiger partial charge in [0.25, 0.3) is 17.7 Å². The largest absolute Gasteiger partial charge is 0.452 e. The van der Waals surface area contributed by atoms with E-state index in [0.717, 1.165) is 16.7 Å². The van der Waals surface area contributed by atoms with E-state index in [9.17, 15) is 27.6 Å². The Kier molecular flexibility index (Phi) is 6.49. The normalized spacial score (nSPS) is 16.5. The summed E-state index contributed by atoms with van der Waals surface area (Å²) in [7, 11) is -3.32. The van der Waals surface area contributed by atoms with Crippen LogP contribution in [-0.4, -0.2) is 85.3 Å². The summed E-state index contributed by atoms with van der Waals surface area (Å²) in [6.07, 6.45) is 1.11. The lowest BCUT2D eigenvalue weighted by Gasteiger charge is -2.33. The molecule has 0 saturated carbocycles. The molecule has 3 amide bonds. The average molecular weight is 486 g/mol. The molecule has 0 unspecified atom stereocenters. The number of hydrogen-bond donors (Lipinski definition) is 0. The first-order valence-electron chi connectivity index (χ1n) is 10.6. The van der Waals surface area contributed by atoms with Crippen molar-refractivity contribution in [1.29, 1.82) is 0 Å². The van der Waals surface area contributed by atoms with Crippen molar-refractivity contribution in [3.8, 4) is 0 Å². The van der Waals surface area contributed by atoms with Crippen LogP contribution in [0.25, 0.3) is 0 Å². The number of hydrogen-bond acceptors (Lipinski definition) is 7. The lowest BCUT2D eigenvalue weighted by molar-refractivity contribution is -0.135. The van der Waals surface area contributed by atoms with E-state index in [2.05, 4.69) is 0 Å². The number of ether oxygens (including phenoxy) is 1. The van der Waals surface area contributed by atoms with E-state index in [0.29, 0.717) is 0 Å². The number of carbonyl (C=O) groups is 4. The maximum absolute atomic E-state index is 12.8. The van der Waals surface area contributed by atoms with Gasteiger partial charge in [-0.25, -0.2) is 13.2 Å². The van der Waals surface area contributed by atoms with Crippen molar-refractivity contribution in [2.24, 2.45) is 0 Å². The first-order chi connectivity index (χ1) is 16.1. The van der Waals surface area contributed by atoms with Gasteiger partial charge in [-0.2, -0.15) is 4.31 Å². The van der Waals surface area contributed by atoms with Crippen LogP contribution in [0.15, 0.2) is 48.5 Å². The predicted octanol–water partition coefficient (Wildman–Crippen LogP) is 0.743. The fourth-order valence-corrected chi connectivity index (χ4v) is 4.72. The third-order valence-corrected chi connectivity index (χ3v) is 7.08. The van der Waals surface area contributed by atoms with E-state index < -0.39 is 40.3 Å². The van der Waals surface area contributed by atoms with Gasteiger partial charge in [0, 0.05) is 26.2 Å². The van der Waals surface area contributed by atoms with Crippen molar-refractivity contribution in [2.45, 2.75) is 6.54 Å². The Morgan fingerprint density at radius 3 is 2.21 bits per heavy atom. The summed E-state index contributed by atoms with van der Waals surface area (Å²) in [5.74, 6) is -2.18. The Labute approximate surface area is 196 Å². The van der Waals surface area contributed by atoms with Gasteiger partial charge in [0.15, 0.2) is 6.61 Å². The Balaban J connectivity index is 1.36. The van der Waals surface area contributed by atoms with Crippen LogP contribution in [0.1, 0.15) is 36.6 Å². The van der Waals surface area contributed by atoms with Crippen molar-refractivity contribution in [2.75, 3.05) is 39.0 Å². The summed E-state index contributed by atoms with van der Waals surface area (Å²) in [6.45, 7) is 0.375. The highest BCUT2D eigenvalue weighted by molar-refractivity contribution is 7.88. The molecule has 0 aromatic heterocycles. The summed E-state index contributed by atoms with van der Waals surface area (Å²) < 4.78 is 29.5. The van der Waals surface area contributed by atoms with E-state index in [4.69, 9.17) is 4.74 Å². The van der Waals surface area contributed by atoms with Gasteiger partial charge in [0.2, 0.25) is 10.0 Å². The quantitative estimate of drug-likeness (QED) is 0.437. The second kappa shape index (κ2) is 9.35. The number of amides is 3. The molecule has 2 aliphatic rings. The molecule has 178 valence electrons. The van der Waals surface area contributed by atoms with Crippen molar-refractivity contribution < 1.29 is 32.3 Å². The molecule has 0 bridgehead atoms. The van der Waals surface area contributed by atoms with Crippen LogP contribution in [0.4, 0.5) is 0 Å². The molecule has 10 nitrogen and oxygen atoms in total. The van der Waals surface area contributed by atoms with Gasteiger partial charge >= 0.3 is 5.97 Å². The number of nitrogens with zero attached hydrogens (tertiary/aromatic N) is 3.